The Hall–Kier alpha value is -0.640. The maximum absolute atomic E-state index is 13.7. The van der Waals surface area contributed by atoms with Crippen molar-refractivity contribution in [3.8, 4) is 0 Å². The molecule has 1 aromatic carbocycles. The van der Waals surface area contributed by atoms with Crippen LogP contribution < -0.4 is 5.32 Å². The third-order valence-corrected chi connectivity index (χ3v) is 3.76. The molecule has 0 atom stereocenters. The number of hydrogen-bond donors (Lipinski definition) is 1. The van der Waals surface area contributed by atoms with Gasteiger partial charge in [0.2, 0.25) is 0 Å². The van der Waals surface area contributed by atoms with Crippen molar-refractivity contribution in [2.45, 2.75) is 19.3 Å². The second kappa shape index (κ2) is 6.00. The summed E-state index contributed by atoms with van der Waals surface area (Å²) in [7, 11) is 1.69. The molecule has 0 saturated heterocycles. The Morgan fingerprint density at radius 2 is 2.22 bits per heavy atom. The first-order chi connectivity index (χ1) is 8.65. The highest BCUT2D eigenvalue weighted by atomic mass is 35.5. The molecule has 1 aliphatic carbocycles. The van der Waals surface area contributed by atoms with Crippen LogP contribution in [0, 0.1) is 11.2 Å². The van der Waals surface area contributed by atoms with Gasteiger partial charge >= 0.3 is 0 Å². The predicted octanol–water partition coefficient (Wildman–Crippen LogP) is 3.04. The largest absolute Gasteiger partial charge is 0.383 e. The molecule has 1 aromatic rings. The molecule has 1 saturated carbocycles. The number of halogens is 2. The van der Waals surface area contributed by atoms with Gasteiger partial charge in [0.05, 0.1) is 6.61 Å². The van der Waals surface area contributed by atoms with Gasteiger partial charge in [0.25, 0.3) is 0 Å². The number of hydrogen-bond acceptors (Lipinski definition) is 2. The van der Waals surface area contributed by atoms with Crippen molar-refractivity contribution >= 4 is 11.6 Å². The van der Waals surface area contributed by atoms with E-state index < -0.39 is 0 Å². The van der Waals surface area contributed by atoms with Crippen molar-refractivity contribution in [2.24, 2.45) is 5.41 Å². The number of benzene rings is 1. The summed E-state index contributed by atoms with van der Waals surface area (Å²) < 4.78 is 18.7. The number of rotatable bonds is 7. The monoisotopic (exact) mass is 271 g/mol. The molecular formula is C14H19ClFNO. The van der Waals surface area contributed by atoms with Gasteiger partial charge in [-0.05, 0) is 42.4 Å². The van der Waals surface area contributed by atoms with Gasteiger partial charge in [-0.3, -0.25) is 0 Å². The SMILES string of the molecule is COCCNCC1(Cc2ccc(Cl)cc2F)CC1. The Balaban J connectivity index is 1.88. The van der Waals surface area contributed by atoms with Gasteiger partial charge in [-0.15, -0.1) is 0 Å². The molecule has 0 radical (unpaired) electrons. The maximum atomic E-state index is 13.7. The van der Waals surface area contributed by atoms with E-state index in [0.29, 0.717) is 11.6 Å². The minimum atomic E-state index is -0.189. The summed E-state index contributed by atoms with van der Waals surface area (Å²) in [6.45, 7) is 2.49. The van der Waals surface area contributed by atoms with Crippen LogP contribution in [0.3, 0.4) is 0 Å². The molecule has 1 N–H and O–H groups in total. The summed E-state index contributed by atoms with van der Waals surface area (Å²) in [4.78, 5) is 0. The van der Waals surface area contributed by atoms with E-state index >= 15 is 0 Å². The van der Waals surface area contributed by atoms with Crippen LogP contribution in [0.4, 0.5) is 4.39 Å². The first-order valence-corrected chi connectivity index (χ1v) is 6.67. The fraction of sp³-hybridized carbons (Fsp3) is 0.571. The fourth-order valence-electron chi connectivity index (χ4n) is 2.19. The van der Waals surface area contributed by atoms with Crippen LogP contribution >= 0.6 is 11.6 Å². The van der Waals surface area contributed by atoms with Crippen molar-refractivity contribution in [1.29, 1.82) is 0 Å². The molecule has 100 valence electrons. The van der Waals surface area contributed by atoms with Gasteiger partial charge in [0.15, 0.2) is 0 Å². The fourth-order valence-corrected chi connectivity index (χ4v) is 2.35. The lowest BCUT2D eigenvalue weighted by atomic mass is 9.96. The molecule has 1 aliphatic rings. The first kappa shape index (κ1) is 13.8. The third kappa shape index (κ3) is 3.67. The average molecular weight is 272 g/mol. The molecule has 0 spiro atoms. The van der Waals surface area contributed by atoms with Crippen molar-refractivity contribution in [3.05, 3.63) is 34.6 Å². The smallest absolute Gasteiger partial charge is 0.127 e. The van der Waals surface area contributed by atoms with Gasteiger partial charge in [-0.2, -0.15) is 0 Å². The zero-order valence-electron chi connectivity index (χ0n) is 10.6. The quantitative estimate of drug-likeness (QED) is 0.770. The van der Waals surface area contributed by atoms with Gasteiger partial charge in [-0.25, -0.2) is 4.39 Å². The molecule has 4 heteroatoms. The van der Waals surface area contributed by atoms with Crippen molar-refractivity contribution in [3.63, 3.8) is 0 Å². The molecule has 0 heterocycles. The lowest BCUT2D eigenvalue weighted by Gasteiger charge is -2.16. The zero-order valence-corrected chi connectivity index (χ0v) is 11.4. The lowest BCUT2D eigenvalue weighted by molar-refractivity contribution is 0.197. The van der Waals surface area contributed by atoms with Crippen molar-refractivity contribution in [2.75, 3.05) is 26.8 Å². The highest BCUT2D eigenvalue weighted by Gasteiger charge is 2.42. The molecule has 0 amide bonds. The molecule has 0 aromatic heterocycles. The van der Waals surface area contributed by atoms with Gasteiger partial charge < -0.3 is 10.1 Å². The van der Waals surface area contributed by atoms with E-state index in [1.165, 1.54) is 6.07 Å². The molecule has 1 fully saturated rings. The zero-order chi connectivity index (χ0) is 13.0. The van der Waals surface area contributed by atoms with E-state index in [4.69, 9.17) is 16.3 Å². The molecule has 2 nitrogen and oxygen atoms in total. The van der Waals surface area contributed by atoms with E-state index in [1.54, 1.807) is 19.2 Å². The molecule has 2 rings (SSSR count). The number of nitrogens with one attached hydrogen (secondary N) is 1. The summed E-state index contributed by atoms with van der Waals surface area (Å²) in [6.07, 6.45) is 3.11. The number of ether oxygens (including phenoxy) is 1. The van der Waals surface area contributed by atoms with E-state index in [-0.39, 0.29) is 11.2 Å². The average Bonchev–Trinajstić information content (AvgIpc) is 3.09. The minimum Gasteiger partial charge on any atom is -0.383 e. The van der Waals surface area contributed by atoms with Gasteiger partial charge in [-0.1, -0.05) is 17.7 Å². The number of methoxy groups -OCH3 is 1. The van der Waals surface area contributed by atoms with Crippen LogP contribution in [0.5, 0.6) is 0 Å². The van der Waals surface area contributed by atoms with E-state index in [1.807, 2.05) is 0 Å². The summed E-state index contributed by atoms with van der Waals surface area (Å²) in [5, 5.41) is 3.82. The van der Waals surface area contributed by atoms with Crippen LogP contribution in [0.15, 0.2) is 18.2 Å². The maximum Gasteiger partial charge on any atom is 0.127 e. The normalized spacial score (nSPS) is 16.8. The summed E-state index contributed by atoms with van der Waals surface area (Å²) in [6, 6.07) is 4.95. The first-order valence-electron chi connectivity index (χ1n) is 6.29. The van der Waals surface area contributed by atoms with Crippen LogP contribution in [-0.2, 0) is 11.2 Å². The molecule has 18 heavy (non-hydrogen) atoms. The highest BCUT2D eigenvalue weighted by Crippen LogP contribution is 2.48. The van der Waals surface area contributed by atoms with E-state index in [0.717, 1.165) is 37.9 Å². The standard InChI is InChI=1S/C14H19ClFNO/c1-18-7-6-17-10-14(4-5-14)9-11-2-3-12(15)8-13(11)16/h2-3,8,17H,4-7,9-10H2,1H3. The Kier molecular flexibility index (Phi) is 4.60. The van der Waals surface area contributed by atoms with Crippen LogP contribution in [-0.4, -0.2) is 26.8 Å². The Bertz CT molecular complexity index is 407. The molecular weight excluding hydrogens is 253 g/mol. The van der Waals surface area contributed by atoms with Crippen molar-refractivity contribution < 1.29 is 9.13 Å². The minimum absolute atomic E-state index is 0.189. The highest BCUT2D eigenvalue weighted by molar-refractivity contribution is 6.30. The lowest BCUT2D eigenvalue weighted by Crippen LogP contribution is -2.28. The molecule has 0 bridgehead atoms. The third-order valence-electron chi connectivity index (χ3n) is 3.52. The summed E-state index contributed by atoms with van der Waals surface area (Å²) in [5.41, 5.74) is 1.01. The Morgan fingerprint density at radius 3 is 2.83 bits per heavy atom. The topological polar surface area (TPSA) is 21.3 Å². The Labute approximate surface area is 112 Å². The van der Waals surface area contributed by atoms with E-state index in [2.05, 4.69) is 5.32 Å². The van der Waals surface area contributed by atoms with E-state index in [9.17, 15) is 4.39 Å². The van der Waals surface area contributed by atoms with Crippen LogP contribution in [0.2, 0.25) is 5.02 Å². The van der Waals surface area contributed by atoms with Gasteiger partial charge in [0, 0.05) is 25.2 Å². The summed E-state index contributed by atoms with van der Waals surface area (Å²) in [5.74, 6) is -0.189. The van der Waals surface area contributed by atoms with Crippen LogP contribution in [0.25, 0.3) is 0 Å². The molecule has 0 unspecified atom stereocenters. The van der Waals surface area contributed by atoms with Crippen molar-refractivity contribution in [1.82, 2.24) is 5.32 Å². The predicted molar refractivity (Wildman–Crippen MR) is 71.5 cm³/mol. The van der Waals surface area contributed by atoms with Gasteiger partial charge in [0.1, 0.15) is 5.82 Å². The van der Waals surface area contributed by atoms with Crippen LogP contribution in [0.1, 0.15) is 18.4 Å². The molecule has 0 aliphatic heterocycles. The Morgan fingerprint density at radius 1 is 1.44 bits per heavy atom. The summed E-state index contributed by atoms with van der Waals surface area (Å²) >= 11 is 5.76. The second-order valence-corrected chi connectivity index (χ2v) is 5.52. The second-order valence-electron chi connectivity index (χ2n) is 5.08.